The van der Waals surface area contributed by atoms with Gasteiger partial charge in [0.15, 0.2) is 0 Å². The molecule has 7 heteroatoms. The Hall–Kier alpha value is -2.67. The van der Waals surface area contributed by atoms with Crippen molar-refractivity contribution in [3.63, 3.8) is 0 Å². The molecule has 0 saturated carbocycles. The molecule has 2 aromatic rings. The first-order valence-corrected chi connectivity index (χ1v) is 9.09. The first kappa shape index (κ1) is 16.8. The van der Waals surface area contributed by atoms with E-state index in [1.165, 1.54) is 0 Å². The Morgan fingerprint density at radius 1 is 1.08 bits per heavy atom. The van der Waals surface area contributed by atoms with Gasteiger partial charge in [0.1, 0.15) is 0 Å². The molecule has 136 valence electrons. The van der Waals surface area contributed by atoms with Crippen LogP contribution in [-0.2, 0) is 16.0 Å². The molecular weight excluding hydrogens is 330 g/mol. The fourth-order valence-electron chi connectivity index (χ4n) is 3.81. The number of piperazine rings is 1. The molecule has 0 radical (unpaired) electrons. The molecule has 1 unspecified atom stereocenters. The van der Waals surface area contributed by atoms with Crippen molar-refractivity contribution in [3.8, 4) is 0 Å². The van der Waals surface area contributed by atoms with Crippen LogP contribution in [0, 0.1) is 0 Å². The molecule has 26 heavy (non-hydrogen) atoms. The van der Waals surface area contributed by atoms with Gasteiger partial charge in [0.05, 0.1) is 12.5 Å². The average Bonchev–Trinajstić information content (AvgIpc) is 3.32. The Morgan fingerprint density at radius 2 is 1.85 bits per heavy atom. The Morgan fingerprint density at radius 3 is 2.54 bits per heavy atom. The number of amides is 2. The number of H-pyrrole nitrogens is 1. The summed E-state index contributed by atoms with van der Waals surface area (Å²) < 4.78 is 0. The molecule has 1 aromatic heterocycles. The van der Waals surface area contributed by atoms with E-state index in [4.69, 9.17) is 0 Å². The summed E-state index contributed by atoms with van der Waals surface area (Å²) in [5.74, 6) is 0.283. The highest BCUT2D eigenvalue weighted by atomic mass is 16.2. The summed E-state index contributed by atoms with van der Waals surface area (Å²) in [7, 11) is 0. The highest BCUT2D eigenvalue weighted by molar-refractivity contribution is 5.99. The van der Waals surface area contributed by atoms with E-state index < -0.39 is 0 Å². The molecule has 1 N–H and O–H groups in total. The van der Waals surface area contributed by atoms with Gasteiger partial charge in [-0.25, -0.2) is 0 Å². The van der Waals surface area contributed by atoms with Crippen molar-refractivity contribution < 1.29 is 9.59 Å². The number of aromatic nitrogens is 2. The van der Waals surface area contributed by atoms with Crippen LogP contribution >= 0.6 is 0 Å². The number of hydrogen-bond donors (Lipinski definition) is 1. The highest BCUT2D eigenvalue weighted by Gasteiger charge is 2.38. The second kappa shape index (κ2) is 7.29. The zero-order chi connectivity index (χ0) is 17.9. The number of rotatable bonds is 4. The van der Waals surface area contributed by atoms with Crippen LogP contribution in [0.3, 0.4) is 0 Å². The van der Waals surface area contributed by atoms with Crippen molar-refractivity contribution in [2.75, 3.05) is 37.6 Å². The number of nitrogens with zero attached hydrogens (tertiary/aromatic N) is 4. The summed E-state index contributed by atoms with van der Waals surface area (Å²) in [6.07, 6.45) is 2.85. The zero-order valence-corrected chi connectivity index (χ0v) is 14.7. The Bertz CT molecular complexity index is 754. The maximum absolute atomic E-state index is 12.8. The summed E-state index contributed by atoms with van der Waals surface area (Å²) >= 11 is 0. The van der Waals surface area contributed by atoms with E-state index in [-0.39, 0.29) is 17.9 Å². The molecule has 4 rings (SSSR count). The fraction of sp³-hybridized carbons (Fsp3) is 0.421. The summed E-state index contributed by atoms with van der Waals surface area (Å²) in [6.45, 7) is 3.58. The third kappa shape index (κ3) is 3.35. The molecule has 0 spiro atoms. The molecule has 2 fully saturated rings. The van der Waals surface area contributed by atoms with Gasteiger partial charge < -0.3 is 9.80 Å². The van der Waals surface area contributed by atoms with E-state index in [1.807, 2.05) is 46.2 Å². The van der Waals surface area contributed by atoms with E-state index in [0.29, 0.717) is 19.5 Å². The maximum Gasteiger partial charge on any atom is 0.244 e. The molecule has 7 nitrogen and oxygen atoms in total. The highest BCUT2D eigenvalue weighted by Crippen LogP contribution is 2.25. The Balaban J connectivity index is 1.32. The van der Waals surface area contributed by atoms with Gasteiger partial charge in [0.2, 0.25) is 11.8 Å². The van der Waals surface area contributed by atoms with Crippen LogP contribution < -0.4 is 4.90 Å². The predicted octanol–water partition coefficient (Wildman–Crippen LogP) is 0.902. The van der Waals surface area contributed by atoms with Crippen molar-refractivity contribution in [1.82, 2.24) is 20.0 Å². The fourth-order valence-corrected chi connectivity index (χ4v) is 3.81. The van der Waals surface area contributed by atoms with Gasteiger partial charge in [-0.15, -0.1) is 0 Å². The van der Waals surface area contributed by atoms with E-state index in [0.717, 1.165) is 37.4 Å². The lowest BCUT2D eigenvalue weighted by Gasteiger charge is -2.37. The van der Waals surface area contributed by atoms with Crippen LogP contribution in [-0.4, -0.2) is 70.6 Å². The van der Waals surface area contributed by atoms with Crippen molar-refractivity contribution >= 4 is 17.5 Å². The predicted molar refractivity (Wildman–Crippen MR) is 97.6 cm³/mol. The van der Waals surface area contributed by atoms with Gasteiger partial charge in [0.25, 0.3) is 0 Å². The summed E-state index contributed by atoms with van der Waals surface area (Å²) in [4.78, 5) is 31.2. The third-order valence-electron chi connectivity index (χ3n) is 5.25. The number of hydrogen-bond acceptors (Lipinski definition) is 4. The quantitative estimate of drug-likeness (QED) is 0.887. The van der Waals surface area contributed by atoms with Crippen LogP contribution in [0.5, 0.6) is 0 Å². The van der Waals surface area contributed by atoms with Gasteiger partial charge >= 0.3 is 0 Å². The van der Waals surface area contributed by atoms with Crippen molar-refractivity contribution in [2.45, 2.75) is 18.9 Å². The normalized spacial score (nSPS) is 21.4. The minimum absolute atomic E-state index is 0.0694. The zero-order valence-electron chi connectivity index (χ0n) is 14.7. The van der Waals surface area contributed by atoms with Gasteiger partial charge in [0, 0.05) is 50.3 Å². The number of carbonyl (C=O) groups is 2. The minimum Gasteiger partial charge on any atom is -0.340 e. The van der Waals surface area contributed by atoms with Gasteiger partial charge in [-0.05, 0) is 24.6 Å². The largest absolute Gasteiger partial charge is 0.340 e. The molecular formula is C19H23N5O2. The van der Waals surface area contributed by atoms with Gasteiger partial charge in [-0.3, -0.25) is 19.6 Å². The van der Waals surface area contributed by atoms with Crippen molar-refractivity contribution in [2.24, 2.45) is 0 Å². The van der Waals surface area contributed by atoms with E-state index >= 15 is 0 Å². The number of para-hydroxylation sites is 1. The van der Waals surface area contributed by atoms with Gasteiger partial charge in [-0.2, -0.15) is 5.10 Å². The summed E-state index contributed by atoms with van der Waals surface area (Å²) in [5.41, 5.74) is 1.80. The number of benzene rings is 1. The van der Waals surface area contributed by atoms with Crippen molar-refractivity contribution in [3.05, 3.63) is 48.3 Å². The van der Waals surface area contributed by atoms with E-state index in [9.17, 15) is 9.59 Å². The lowest BCUT2D eigenvalue weighted by molar-refractivity contribution is -0.133. The first-order chi connectivity index (χ1) is 12.7. The standard InChI is InChI=1S/C19H23N5O2/c25-18(14-15-6-8-20-21-15)23-12-10-22(11-13-23)17-7-9-24(19(17)26)16-4-2-1-3-5-16/h1-6,8,17H,7,9-14H2,(H,20,21). The smallest absolute Gasteiger partial charge is 0.244 e. The second-order valence-electron chi connectivity index (χ2n) is 6.81. The Labute approximate surface area is 152 Å². The lowest BCUT2D eigenvalue weighted by Crippen LogP contribution is -2.54. The second-order valence-corrected chi connectivity index (χ2v) is 6.81. The maximum atomic E-state index is 12.8. The van der Waals surface area contributed by atoms with Crippen LogP contribution in [0.4, 0.5) is 5.69 Å². The van der Waals surface area contributed by atoms with Crippen LogP contribution in [0.2, 0.25) is 0 Å². The number of carbonyl (C=O) groups excluding carboxylic acids is 2. The molecule has 1 aromatic carbocycles. The molecule has 0 aliphatic carbocycles. The molecule has 3 heterocycles. The molecule has 1 atom stereocenters. The molecule has 2 saturated heterocycles. The van der Waals surface area contributed by atoms with Crippen LogP contribution in [0.1, 0.15) is 12.1 Å². The lowest BCUT2D eigenvalue weighted by atomic mass is 10.1. The number of nitrogens with one attached hydrogen (secondary N) is 1. The summed E-state index contributed by atoms with van der Waals surface area (Å²) in [5, 5.41) is 6.71. The monoisotopic (exact) mass is 353 g/mol. The Kier molecular flexibility index (Phi) is 4.71. The molecule has 0 bridgehead atoms. The van der Waals surface area contributed by atoms with Crippen molar-refractivity contribution in [1.29, 1.82) is 0 Å². The van der Waals surface area contributed by atoms with Crippen LogP contribution in [0.15, 0.2) is 42.6 Å². The number of aromatic amines is 1. The molecule has 2 amide bonds. The first-order valence-electron chi connectivity index (χ1n) is 9.09. The van der Waals surface area contributed by atoms with E-state index in [1.54, 1.807) is 6.20 Å². The average molecular weight is 353 g/mol. The molecule has 2 aliphatic heterocycles. The van der Waals surface area contributed by atoms with Crippen LogP contribution in [0.25, 0.3) is 0 Å². The minimum atomic E-state index is -0.0694. The SMILES string of the molecule is O=C(Cc1ccn[nH]1)N1CCN(C2CCN(c3ccccc3)C2=O)CC1. The topological polar surface area (TPSA) is 72.5 Å². The van der Waals surface area contributed by atoms with E-state index in [2.05, 4.69) is 15.1 Å². The third-order valence-corrected chi connectivity index (χ3v) is 5.25. The number of anilines is 1. The molecule has 2 aliphatic rings. The van der Waals surface area contributed by atoms with Gasteiger partial charge in [-0.1, -0.05) is 18.2 Å². The summed E-state index contributed by atoms with van der Waals surface area (Å²) in [6, 6.07) is 11.6.